The van der Waals surface area contributed by atoms with E-state index in [4.69, 9.17) is 0 Å². The highest BCUT2D eigenvalue weighted by atomic mass is 16.3. The molecule has 0 fully saturated rings. The van der Waals surface area contributed by atoms with Crippen LogP contribution in [0.2, 0.25) is 0 Å². The summed E-state index contributed by atoms with van der Waals surface area (Å²) in [7, 11) is 0. The lowest BCUT2D eigenvalue weighted by atomic mass is 9.93. The number of allylic oxidation sites excluding steroid dienone is 1. The Morgan fingerprint density at radius 3 is 2.27 bits per heavy atom. The Morgan fingerprint density at radius 2 is 1.64 bits per heavy atom. The van der Waals surface area contributed by atoms with Gasteiger partial charge < -0.3 is 10.2 Å². The average Bonchev–Trinajstić information content (AvgIpc) is 2.47. The molecule has 0 saturated carbocycles. The van der Waals surface area contributed by atoms with E-state index >= 15 is 0 Å². The maximum Gasteiger partial charge on any atom is 0.123 e. The molecule has 2 aromatic carbocycles. The molecule has 2 aromatic rings. The van der Waals surface area contributed by atoms with Crippen LogP contribution in [-0.4, -0.2) is 16.3 Å². The molecular weight excluding hydrogens is 272 g/mol. The second-order valence-electron chi connectivity index (χ2n) is 6.06. The van der Waals surface area contributed by atoms with Crippen LogP contribution >= 0.6 is 0 Å². The number of phenols is 1. The fraction of sp³-hybridized carbons (Fsp3) is 0.300. The standard InChI is InChI=1S/C20H24O2/c1-15(2)12-17(19-10-6-7-11-20(19)22)14-18(21)13-16-8-4-3-5-9-16/h3-11,14-15,18,21-22H,12-13H2,1-2H3/b17-14-. The topological polar surface area (TPSA) is 40.5 Å². The van der Waals surface area contributed by atoms with Crippen molar-refractivity contribution in [2.75, 3.05) is 0 Å². The molecule has 1 atom stereocenters. The van der Waals surface area contributed by atoms with Gasteiger partial charge in [0.2, 0.25) is 0 Å². The fourth-order valence-corrected chi connectivity index (χ4v) is 2.60. The molecule has 0 aliphatic rings. The largest absolute Gasteiger partial charge is 0.507 e. The lowest BCUT2D eigenvalue weighted by Crippen LogP contribution is -2.08. The van der Waals surface area contributed by atoms with Gasteiger partial charge in [-0.25, -0.2) is 0 Å². The van der Waals surface area contributed by atoms with Crippen molar-refractivity contribution >= 4 is 5.57 Å². The Kier molecular flexibility index (Phi) is 5.79. The highest BCUT2D eigenvalue weighted by molar-refractivity contribution is 5.70. The third-order valence-corrected chi connectivity index (χ3v) is 3.56. The van der Waals surface area contributed by atoms with Crippen LogP contribution in [-0.2, 0) is 6.42 Å². The zero-order valence-electron chi connectivity index (χ0n) is 13.2. The Balaban J connectivity index is 2.23. The SMILES string of the molecule is CC(C)C/C(=C/C(O)Cc1ccccc1)c1ccccc1O. The van der Waals surface area contributed by atoms with E-state index in [-0.39, 0.29) is 5.75 Å². The summed E-state index contributed by atoms with van der Waals surface area (Å²) in [4.78, 5) is 0. The highest BCUT2D eigenvalue weighted by Gasteiger charge is 2.11. The van der Waals surface area contributed by atoms with Gasteiger partial charge in [-0.3, -0.25) is 0 Å². The maximum atomic E-state index is 10.4. The van der Waals surface area contributed by atoms with Crippen LogP contribution in [0.15, 0.2) is 60.7 Å². The fourth-order valence-electron chi connectivity index (χ4n) is 2.60. The lowest BCUT2D eigenvalue weighted by Gasteiger charge is -2.15. The number of aromatic hydroxyl groups is 1. The van der Waals surface area contributed by atoms with E-state index in [0.29, 0.717) is 12.3 Å². The second-order valence-corrected chi connectivity index (χ2v) is 6.06. The highest BCUT2D eigenvalue weighted by Crippen LogP contribution is 2.30. The van der Waals surface area contributed by atoms with Crippen molar-refractivity contribution in [2.45, 2.75) is 32.8 Å². The van der Waals surface area contributed by atoms with Crippen molar-refractivity contribution in [2.24, 2.45) is 5.92 Å². The molecule has 1 unspecified atom stereocenters. The predicted molar refractivity (Wildman–Crippen MR) is 91.7 cm³/mol. The molecule has 0 aliphatic heterocycles. The van der Waals surface area contributed by atoms with Crippen molar-refractivity contribution in [1.29, 1.82) is 0 Å². The van der Waals surface area contributed by atoms with Gasteiger partial charge in [0.1, 0.15) is 5.75 Å². The molecule has 2 rings (SSSR count). The molecule has 0 amide bonds. The van der Waals surface area contributed by atoms with Crippen LogP contribution in [0.4, 0.5) is 0 Å². The van der Waals surface area contributed by atoms with Crippen molar-refractivity contribution < 1.29 is 10.2 Å². The first kappa shape index (κ1) is 16.3. The normalized spacial score (nSPS) is 13.4. The maximum absolute atomic E-state index is 10.4. The number of para-hydroxylation sites is 1. The minimum Gasteiger partial charge on any atom is -0.507 e. The number of benzene rings is 2. The van der Waals surface area contributed by atoms with Crippen molar-refractivity contribution in [3.8, 4) is 5.75 Å². The summed E-state index contributed by atoms with van der Waals surface area (Å²) in [5, 5.41) is 20.5. The number of rotatable bonds is 6. The first-order valence-electron chi connectivity index (χ1n) is 7.77. The molecule has 22 heavy (non-hydrogen) atoms. The molecule has 0 saturated heterocycles. The van der Waals surface area contributed by atoms with Crippen LogP contribution in [0, 0.1) is 5.92 Å². The average molecular weight is 296 g/mol. The molecule has 2 nitrogen and oxygen atoms in total. The van der Waals surface area contributed by atoms with Crippen LogP contribution in [0.5, 0.6) is 5.75 Å². The van der Waals surface area contributed by atoms with Crippen LogP contribution < -0.4 is 0 Å². The molecule has 2 N–H and O–H groups in total. The van der Waals surface area contributed by atoms with E-state index in [1.165, 1.54) is 0 Å². The van der Waals surface area contributed by atoms with Gasteiger partial charge in [0.05, 0.1) is 6.10 Å². The molecule has 116 valence electrons. The summed E-state index contributed by atoms with van der Waals surface area (Å²) >= 11 is 0. The summed E-state index contributed by atoms with van der Waals surface area (Å²) in [6.07, 6.45) is 2.72. The Hall–Kier alpha value is -2.06. The van der Waals surface area contributed by atoms with Gasteiger partial charge >= 0.3 is 0 Å². The third kappa shape index (κ3) is 4.74. The van der Waals surface area contributed by atoms with Crippen molar-refractivity contribution in [1.82, 2.24) is 0 Å². The Morgan fingerprint density at radius 1 is 1.00 bits per heavy atom. The van der Waals surface area contributed by atoms with Crippen molar-refractivity contribution in [3.05, 3.63) is 71.8 Å². The Labute approximate surface area is 132 Å². The van der Waals surface area contributed by atoms with Gasteiger partial charge in [0.15, 0.2) is 0 Å². The first-order valence-corrected chi connectivity index (χ1v) is 7.77. The number of aliphatic hydroxyl groups is 1. The van der Waals surface area contributed by atoms with E-state index in [0.717, 1.165) is 23.1 Å². The summed E-state index contributed by atoms with van der Waals surface area (Å²) < 4.78 is 0. The van der Waals surface area contributed by atoms with Gasteiger partial charge in [0.25, 0.3) is 0 Å². The van der Waals surface area contributed by atoms with Crippen LogP contribution in [0.1, 0.15) is 31.4 Å². The summed E-state index contributed by atoms with van der Waals surface area (Å²) in [6, 6.07) is 17.3. The summed E-state index contributed by atoms with van der Waals surface area (Å²) in [5.41, 5.74) is 2.91. The number of aliphatic hydroxyl groups excluding tert-OH is 1. The molecule has 0 spiro atoms. The second kappa shape index (κ2) is 7.81. The quantitative estimate of drug-likeness (QED) is 0.828. The monoisotopic (exact) mass is 296 g/mol. The van der Waals surface area contributed by atoms with E-state index in [1.807, 2.05) is 54.6 Å². The lowest BCUT2D eigenvalue weighted by molar-refractivity contribution is 0.224. The zero-order chi connectivity index (χ0) is 15.9. The van der Waals surface area contributed by atoms with Gasteiger partial charge in [-0.05, 0) is 29.5 Å². The van der Waals surface area contributed by atoms with E-state index < -0.39 is 6.10 Å². The van der Waals surface area contributed by atoms with Gasteiger partial charge in [-0.1, -0.05) is 68.5 Å². The van der Waals surface area contributed by atoms with Crippen LogP contribution in [0.3, 0.4) is 0 Å². The molecule has 0 bridgehead atoms. The minimum absolute atomic E-state index is 0.265. The molecule has 0 aliphatic carbocycles. The molecule has 0 aromatic heterocycles. The smallest absolute Gasteiger partial charge is 0.123 e. The molecular formula is C20H24O2. The van der Waals surface area contributed by atoms with Crippen molar-refractivity contribution in [3.63, 3.8) is 0 Å². The minimum atomic E-state index is -0.559. The molecule has 0 heterocycles. The first-order chi connectivity index (χ1) is 10.6. The van der Waals surface area contributed by atoms with E-state index in [2.05, 4.69) is 13.8 Å². The van der Waals surface area contributed by atoms with Crippen LogP contribution in [0.25, 0.3) is 5.57 Å². The summed E-state index contributed by atoms with van der Waals surface area (Å²) in [5.74, 6) is 0.719. The molecule has 0 radical (unpaired) electrons. The predicted octanol–water partition coefficient (Wildman–Crippen LogP) is 4.43. The van der Waals surface area contributed by atoms with E-state index in [1.54, 1.807) is 6.07 Å². The van der Waals surface area contributed by atoms with Gasteiger partial charge in [-0.15, -0.1) is 0 Å². The molecule has 2 heteroatoms. The number of phenolic OH excluding ortho intramolecular Hbond substituents is 1. The number of hydrogen-bond acceptors (Lipinski definition) is 2. The third-order valence-electron chi connectivity index (χ3n) is 3.56. The van der Waals surface area contributed by atoms with Gasteiger partial charge in [0, 0.05) is 12.0 Å². The summed E-state index contributed by atoms with van der Waals surface area (Å²) in [6.45, 7) is 4.27. The number of hydrogen-bond donors (Lipinski definition) is 2. The Bertz CT molecular complexity index is 615. The zero-order valence-corrected chi connectivity index (χ0v) is 13.2. The van der Waals surface area contributed by atoms with Gasteiger partial charge in [-0.2, -0.15) is 0 Å². The van der Waals surface area contributed by atoms with E-state index in [9.17, 15) is 10.2 Å².